The zero-order chi connectivity index (χ0) is 19.1. The molecule has 0 aliphatic carbocycles. The molecule has 2 atom stereocenters. The molecular formula is C22H29N3OS. The zero-order valence-electron chi connectivity index (χ0n) is 16.4. The standard InChI is InChI=1S/C22H29N3OS/c1-23-22(25(2)16-17-9-11-20(27-3)12-10-17)24-15-19-13-14-26-21(19)18-7-5-4-6-8-18/h4-12,19,21H,13-16H2,1-3H3,(H,23,24). The second-order valence-corrected chi connectivity index (χ2v) is 7.76. The molecule has 1 aliphatic heterocycles. The van der Waals surface area contributed by atoms with E-state index in [1.165, 1.54) is 16.0 Å². The third-order valence-corrected chi connectivity index (χ3v) is 5.76. The molecular weight excluding hydrogens is 354 g/mol. The van der Waals surface area contributed by atoms with E-state index in [1.807, 2.05) is 13.1 Å². The summed E-state index contributed by atoms with van der Waals surface area (Å²) in [5, 5.41) is 3.55. The molecule has 4 nitrogen and oxygen atoms in total. The van der Waals surface area contributed by atoms with Gasteiger partial charge in [-0.1, -0.05) is 42.5 Å². The summed E-state index contributed by atoms with van der Waals surface area (Å²) in [5.41, 5.74) is 2.55. The van der Waals surface area contributed by atoms with E-state index in [2.05, 4.69) is 77.0 Å². The third kappa shape index (κ3) is 5.27. The Hall–Kier alpha value is -1.98. The van der Waals surface area contributed by atoms with Crippen LogP contribution in [0, 0.1) is 5.92 Å². The fourth-order valence-corrected chi connectivity index (χ4v) is 3.95. The van der Waals surface area contributed by atoms with Gasteiger partial charge in [-0.3, -0.25) is 4.99 Å². The van der Waals surface area contributed by atoms with Crippen LogP contribution in [0.3, 0.4) is 0 Å². The first-order chi connectivity index (χ1) is 13.2. The second-order valence-electron chi connectivity index (χ2n) is 6.88. The van der Waals surface area contributed by atoms with Crippen molar-refractivity contribution in [1.82, 2.24) is 10.2 Å². The summed E-state index contributed by atoms with van der Waals surface area (Å²) < 4.78 is 6.00. The molecule has 2 unspecified atom stereocenters. The highest BCUT2D eigenvalue weighted by Gasteiger charge is 2.29. The van der Waals surface area contributed by atoms with Crippen LogP contribution in [0.25, 0.3) is 0 Å². The Bertz CT molecular complexity index is 733. The fraction of sp³-hybridized carbons (Fsp3) is 0.409. The number of nitrogens with zero attached hydrogens (tertiary/aromatic N) is 2. The predicted octanol–water partition coefficient (Wildman–Crippen LogP) is 4.19. The lowest BCUT2D eigenvalue weighted by Crippen LogP contribution is -2.41. The largest absolute Gasteiger partial charge is 0.373 e. The van der Waals surface area contributed by atoms with Crippen LogP contribution in [-0.4, -0.2) is 44.4 Å². The number of rotatable bonds is 6. The van der Waals surface area contributed by atoms with E-state index in [0.717, 1.165) is 32.1 Å². The summed E-state index contributed by atoms with van der Waals surface area (Å²) in [6.07, 6.45) is 3.34. The molecule has 1 heterocycles. The van der Waals surface area contributed by atoms with Gasteiger partial charge in [0.2, 0.25) is 0 Å². The highest BCUT2D eigenvalue weighted by Crippen LogP contribution is 2.33. The number of guanidine groups is 1. The molecule has 144 valence electrons. The predicted molar refractivity (Wildman–Crippen MR) is 114 cm³/mol. The van der Waals surface area contributed by atoms with Gasteiger partial charge in [-0.15, -0.1) is 11.8 Å². The lowest BCUT2D eigenvalue weighted by molar-refractivity contribution is 0.0914. The van der Waals surface area contributed by atoms with Gasteiger partial charge < -0.3 is 15.0 Å². The van der Waals surface area contributed by atoms with E-state index in [4.69, 9.17) is 4.74 Å². The smallest absolute Gasteiger partial charge is 0.193 e. The maximum Gasteiger partial charge on any atom is 0.193 e. The van der Waals surface area contributed by atoms with Crippen molar-refractivity contribution in [2.24, 2.45) is 10.9 Å². The molecule has 0 spiro atoms. The van der Waals surface area contributed by atoms with Gasteiger partial charge >= 0.3 is 0 Å². The third-order valence-electron chi connectivity index (χ3n) is 5.02. The summed E-state index contributed by atoms with van der Waals surface area (Å²) in [5.74, 6) is 1.38. The van der Waals surface area contributed by atoms with Crippen LogP contribution >= 0.6 is 11.8 Å². The number of aliphatic imine (C=N–C) groups is 1. The molecule has 0 aromatic heterocycles. The maximum absolute atomic E-state index is 6.00. The van der Waals surface area contributed by atoms with Crippen molar-refractivity contribution < 1.29 is 4.74 Å². The van der Waals surface area contributed by atoms with Gasteiger partial charge in [0.05, 0.1) is 6.10 Å². The normalized spacial score (nSPS) is 19.9. The van der Waals surface area contributed by atoms with Crippen LogP contribution in [0.1, 0.15) is 23.7 Å². The number of nitrogens with one attached hydrogen (secondary N) is 1. The molecule has 27 heavy (non-hydrogen) atoms. The average molecular weight is 384 g/mol. The molecule has 1 fully saturated rings. The highest BCUT2D eigenvalue weighted by molar-refractivity contribution is 7.98. The zero-order valence-corrected chi connectivity index (χ0v) is 17.2. The van der Waals surface area contributed by atoms with Crippen molar-refractivity contribution in [1.29, 1.82) is 0 Å². The van der Waals surface area contributed by atoms with Crippen molar-refractivity contribution in [2.45, 2.75) is 24.0 Å². The van der Waals surface area contributed by atoms with Gasteiger partial charge in [-0.25, -0.2) is 0 Å². The lowest BCUT2D eigenvalue weighted by atomic mass is 9.95. The Morgan fingerprint density at radius 1 is 1.19 bits per heavy atom. The number of ether oxygens (including phenoxy) is 1. The number of hydrogen-bond donors (Lipinski definition) is 1. The van der Waals surface area contributed by atoms with Crippen LogP contribution < -0.4 is 5.32 Å². The monoisotopic (exact) mass is 383 g/mol. The molecule has 0 amide bonds. The first kappa shape index (κ1) is 19.8. The Labute approximate surface area is 167 Å². The van der Waals surface area contributed by atoms with E-state index < -0.39 is 0 Å². The molecule has 5 heteroatoms. The van der Waals surface area contributed by atoms with Crippen molar-refractivity contribution in [2.75, 3.05) is 33.5 Å². The van der Waals surface area contributed by atoms with Gasteiger partial charge in [-0.05, 0) is 35.9 Å². The quantitative estimate of drug-likeness (QED) is 0.461. The van der Waals surface area contributed by atoms with Gasteiger partial charge in [0.25, 0.3) is 0 Å². The molecule has 0 radical (unpaired) electrons. The van der Waals surface area contributed by atoms with Crippen LogP contribution in [-0.2, 0) is 11.3 Å². The second kappa shape index (κ2) is 9.81. The van der Waals surface area contributed by atoms with Crippen LogP contribution in [0.5, 0.6) is 0 Å². The van der Waals surface area contributed by atoms with E-state index >= 15 is 0 Å². The summed E-state index contributed by atoms with van der Waals surface area (Å²) in [6, 6.07) is 19.2. The van der Waals surface area contributed by atoms with Crippen LogP contribution in [0.2, 0.25) is 0 Å². The lowest BCUT2D eigenvalue weighted by Gasteiger charge is -2.25. The molecule has 0 bridgehead atoms. The number of benzene rings is 2. The number of hydrogen-bond acceptors (Lipinski definition) is 3. The minimum absolute atomic E-state index is 0.168. The van der Waals surface area contributed by atoms with Gasteiger partial charge in [0.15, 0.2) is 5.96 Å². The SMILES string of the molecule is CN=C(NCC1CCOC1c1ccccc1)N(C)Cc1ccc(SC)cc1. The minimum Gasteiger partial charge on any atom is -0.373 e. The Morgan fingerprint density at radius 3 is 2.59 bits per heavy atom. The summed E-state index contributed by atoms with van der Waals surface area (Å²) in [7, 11) is 3.92. The fourth-order valence-electron chi connectivity index (χ4n) is 3.54. The Morgan fingerprint density at radius 2 is 1.93 bits per heavy atom. The first-order valence-corrected chi connectivity index (χ1v) is 10.6. The molecule has 1 saturated heterocycles. The highest BCUT2D eigenvalue weighted by atomic mass is 32.2. The topological polar surface area (TPSA) is 36.9 Å². The van der Waals surface area contributed by atoms with Gasteiger partial charge in [0.1, 0.15) is 0 Å². The molecule has 2 aromatic rings. The maximum atomic E-state index is 6.00. The summed E-state index contributed by atoms with van der Waals surface area (Å²) in [6.45, 7) is 2.52. The minimum atomic E-state index is 0.168. The Kier molecular flexibility index (Phi) is 7.18. The molecule has 0 saturated carbocycles. The molecule has 3 rings (SSSR count). The van der Waals surface area contributed by atoms with Crippen LogP contribution in [0.4, 0.5) is 0 Å². The van der Waals surface area contributed by atoms with Crippen molar-refractivity contribution >= 4 is 17.7 Å². The van der Waals surface area contributed by atoms with Crippen molar-refractivity contribution in [3.63, 3.8) is 0 Å². The average Bonchev–Trinajstić information content (AvgIpc) is 3.18. The Balaban J connectivity index is 1.56. The molecule has 1 N–H and O–H groups in total. The van der Waals surface area contributed by atoms with E-state index in [0.29, 0.717) is 5.92 Å². The summed E-state index contributed by atoms with van der Waals surface area (Å²) >= 11 is 1.77. The van der Waals surface area contributed by atoms with E-state index in [1.54, 1.807) is 11.8 Å². The van der Waals surface area contributed by atoms with Crippen molar-refractivity contribution in [3.8, 4) is 0 Å². The first-order valence-electron chi connectivity index (χ1n) is 9.42. The van der Waals surface area contributed by atoms with Gasteiger partial charge in [0, 0.05) is 44.6 Å². The van der Waals surface area contributed by atoms with E-state index in [-0.39, 0.29) is 6.10 Å². The van der Waals surface area contributed by atoms with E-state index in [9.17, 15) is 0 Å². The van der Waals surface area contributed by atoms with Crippen molar-refractivity contribution in [3.05, 3.63) is 65.7 Å². The molecule has 2 aromatic carbocycles. The molecule has 1 aliphatic rings. The van der Waals surface area contributed by atoms with Crippen LogP contribution in [0.15, 0.2) is 64.5 Å². The number of thioether (sulfide) groups is 1. The summed E-state index contributed by atoms with van der Waals surface area (Å²) in [4.78, 5) is 7.92. The van der Waals surface area contributed by atoms with Gasteiger partial charge in [-0.2, -0.15) is 0 Å².